The zero-order valence-electron chi connectivity index (χ0n) is 12.9. The summed E-state index contributed by atoms with van der Waals surface area (Å²) in [6, 6.07) is 3.11. The second-order valence-corrected chi connectivity index (χ2v) is 6.03. The smallest absolute Gasteiger partial charge is 0.401 e. The van der Waals surface area contributed by atoms with Crippen molar-refractivity contribution in [3.05, 3.63) is 33.8 Å². The topological polar surface area (TPSA) is 62.8 Å². The first-order chi connectivity index (χ1) is 10.7. The summed E-state index contributed by atoms with van der Waals surface area (Å²) >= 11 is 0. The molecule has 1 aromatic rings. The largest absolute Gasteiger partial charge is 0.433 e. The van der Waals surface area contributed by atoms with Crippen LogP contribution in [0.5, 0.6) is 0 Å². The Balaban J connectivity index is 1.84. The van der Waals surface area contributed by atoms with Gasteiger partial charge in [0, 0.05) is 32.3 Å². The first-order valence-corrected chi connectivity index (χ1v) is 8.20. The Morgan fingerprint density at radius 1 is 1.00 bits per heavy atom. The monoisotopic (exact) mass is 305 g/mol. The van der Waals surface area contributed by atoms with Crippen LogP contribution in [0.3, 0.4) is 0 Å². The number of nitro groups is 1. The van der Waals surface area contributed by atoms with Crippen molar-refractivity contribution in [2.45, 2.75) is 38.5 Å². The van der Waals surface area contributed by atoms with E-state index in [9.17, 15) is 10.1 Å². The molecule has 6 nitrogen and oxygen atoms in total. The molecule has 0 amide bonds. The highest BCUT2D eigenvalue weighted by Gasteiger charge is 2.22. The average Bonchev–Trinajstić information content (AvgIpc) is 3.03. The first-order valence-electron chi connectivity index (χ1n) is 8.20. The number of furan rings is 1. The van der Waals surface area contributed by atoms with Crippen molar-refractivity contribution in [1.29, 1.82) is 0 Å². The molecule has 0 atom stereocenters. The van der Waals surface area contributed by atoms with Crippen molar-refractivity contribution in [1.82, 2.24) is 9.80 Å². The number of hydrogen-bond acceptors (Lipinski definition) is 5. The van der Waals surface area contributed by atoms with Crippen molar-refractivity contribution >= 4 is 12.0 Å². The van der Waals surface area contributed by atoms with Gasteiger partial charge in [-0.05, 0) is 44.6 Å². The molecule has 0 saturated carbocycles. The summed E-state index contributed by atoms with van der Waals surface area (Å²) in [5, 5.41) is 10.8. The molecule has 0 unspecified atom stereocenters. The molecule has 0 bridgehead atoms. The zero-order chi connectivity index (χ0) is 15.4. The lowest BCUT2D eigenvalue weighted by molar-refractivity contribution is -0.402. The molecule has 3 heterocycles. The quantitative estimate of drug-likeness (QED) is 0.629. The lowest BCUT2D eigenvalue weighted by atomic mass is 10.1. The lowest BCUT2D eigenvalue weighted by Crippen LogP contribution is -2.40. The Morgan fingerprint density at radius 2 is 1.55 bits per heavy atom. The Hall–Kier alpha value is -1.98. The summed E-state index contributed by atoms with van der Waals surface area (Å²) in [7, 11) is 0. The highest BCUT2D eigenvalue weighted by atomic mass is 16.6. The van der Waals surface area contributed by atoms with Crippen LogP contribution in [0.4, 0.5) is 5.88 Å². The Bertz CT molecular complexity index is 521. The minimum absolute atomic E-state index is 0.192. The third kappa shape index (κ3) is 3.43. The minimum atomic E-state index is -0.487. The van der Waals surface area contributed by atoms with Crippen molar-refractivity contribution in [2.75, 3.05) is 26.2 Å². The molecule has 0 aromatic carbocycles. The average molecular weight is 305 g/mol. The Labute approximate surface area is 130 Å². The van der Waals surface area contributed by atoms with Crippen LogP contribution in [0, 0.1) is 10.1 Å². The Morgan fingerprint density at radius 3 is 2.00 bits per heavy atom. The van der Waals surface area contributed by atoms with Crippen LogP contribution in [0.15, 0.2) is 22.4 Å². The number of nitrogens with zero attached hydrogens (tertiary/aromatic N) is 3. The summed E-state index contributed by atoms with van der Waals surface area (Å²) in [5.41, 5.74) is 0. The summed E-state index contributed by atoms with van der Waals surface area (Å²) in [5.74, 6) is 1.55. The maximum Gasteiger partial charge on any atom is 0.433 e. The van der Waals surface area contributed by atoms with E-state index >= 15 is 0 Å². The maximum absolute atomic E-state index is 10.8. The summed E-state index contributed by atoms with van der Waals surface area (Å²) in [6.07, 6.45) is 9.40. The van der Waals surface area contributed by atoms with Crippen molar-refractivity contribution in [2.24, 2.45) is 0 Å². The van der Waals surface area contributed by atoms with Gasteiger partial charge in [0.05, 0.1) is 6.07 Å². The van der Waals surface area contributed by atoms with E-state index in [2.05, 4.69) is 9.80 Å². The van der Waals surface area contributed by atoms with Crippen LogP contribution in [0.1, 0.15) is 44.3 Å². The van der Waals surface area contributed by atoms with Gasteiger partial charge in [-0.1, -0.05) is 0 Å². The summed E-state index contributed by atoms with van der Waals surface area (Å²) < 4.78 is 5.33. The number of hydrogen-bond donors (Lipinski definition) is 0. The van der Waals surface area contributed by atoms with Gasteiger partial charge in [0.15, 0.2) is 0 Å². The fraction of sp³-hybridized carbons (Fsp3) is 0.625. The lowest BCUT2D eigenvalue weighted by Gasteiger charge is -2.39. The number of piperidine rings is 2. The van der Waals surface area contributed by atoms with Gasteiger partial charge in [0.2, 0.25) is 0 Å². The third-order valence-electron chi connectivity index (χ3n) is 4.42. The molecule has 0 radical (unpaired) electrons. The van der Waals surface area contributed by atoms with Gasteiger partial charge < -0.3 is 14.2 Å². The Kier molecular flexibility index (Phi) is 4.65. The van der Waals surface area contributed by atoms with Crippen molar-refractivity contribution in [3.8, 4) is 0 Å². The van der Waals surface area contributed by atoms with Gasteiger partial charge in [0.25, 0.3) is 0 Å². The molecule has 0 spiro atoms. The molecule has 22 heavy (non-hydrogen) atoms. The van der Waals surface area contributed by atoms with Gasteiger partial charge in [-0.3, -0.25) is 10.1 Å². The molecule has 3 rings (SSSR count). The van der Waals surface area contributed by atoms with Crippen LogP contribution in [-0.2, 0) is 0 Å². The van der Waals surface area contributed by atoms with Crippen LogP contribution in [0.25, 0.3) is 6.08 Å². The van der Waals surface area contributed by atoms with Crippen LogP contribution >= 0.6 is 0 Å². The van der Waals surface area contributed by atoms with Gasteiger partial charge in [-0.15, -0.1) is 0 Å². The first kappa shape index (κ1) is 14.9. The fourth-order valence-corrected chi connectivity index (χ4v) is 3.27. The second-order valence-electron chi connectivity index (χ2n) is 6.03. The van der Waals surface area contributed by atoms with Gasteiger partial charge in [-0.2, -0.15) is 0 Å². The normalized spacial score (nSPS) is 19.1. The van der Waals surface area contributed by atoms with Gasteiger partial charge in [-0.25, -0.2) is 0 Å². The zero-order valence-corrected chi connectivity index (χ0v) is 12.9. The van der Waals surface area contributed by atoms with E-state index in [4.69, 9.17) is 4.42 Å². The molecule has 2 saturated heterocycles. The van der Waals surface area contributed by atoms with Crippen molar-refractivity contribution in [3.63, 3.8) is 0 Å². The summed E-state index contributed by atoms with van der Waals surface area (Å²) in [4.78, 5) is 15.1. The van der Waals surface area contributed by atoms with E-state index in [0.29, 0.717) is 5.76 Å². The van der Waals surface area contributed by atoms with Crippen LogP contribution in [0.2, 0.25) is 0 Å². The number of likely N-dealkylation sites (tertiary alicyclic amines) is 2. The molecule has 6 heteroatoms. The van der Waals surface area contributed by atoms with Crippen LogP contribution in [-0.4, -0.2) is 40.9 Å². The molecule has 2 aliphatic heterocycles. The van der Waals surface area contributed by atoms with E-state index < -0.39 is 4.92 Å². The van der Waals surface area contributed by atoms with Crippen LogP contribution < -0.4 is 0 Å². The molecule has 2 aliphatic rings. The minimum Gasteiger partial charge on any atom is -0.401 e. The predicted molar refractivity (Wildman–Crippen MR) is 84.2 cm³/mol. The van der Waals surface area contributed by atoms with Gasteiger partial charge in [0.1, 0.15) is 16.5 Å². The standard InChI is InChI=1S/C16H23N3O3/c20-19(21)16-8-7-14(22-16)13-15(17-9-3-1-4-10-17)18-11-5-2-6-12-18/h7-8,13H,1-6,9-12H2. The highest BCUT2D eigenvalue weighted by molar-refractivity contribution is 5.48. The SMILES string of the molecule is O=[N+]([O-])c1ccc(C=C(N2CCCCC2)N2CCCCC2)o1. The maximum atomic E-state index is 10.8. The second kappa shape index (κ2) is 6.85. The molecular formula is C16H23N3O3. The molecule has 120 valence electrons. The van der Waals surface area contributed by atoms with E-state index in [0.717, 1.165) is 26.2 Å². The third-order valence-corrected chi connectivity index (χ3v) is 4.42. The molecular weight excluding hydrogens is 282 g/mol. The predicted octanol–water partition coefficient (Wildman–Crippen LogP) is 3.46. The van der Waals surface area contributed by atoms with E-state index in [1.807, 2.05) is 6.08 Å². The fourth-order valence-electron chi connectivity index (χ4n) is 3.27. The molecule has 2 fully saturated rings. The molecule has 0 aliphatic carbocycles. The summed E-state index contributed by atoms with van der Waals surface area (Å²) in [6.45, 7) is 4.24. The highest BCUT2D eigenvalue weighted by Crippen LogP contribution is 2.25. The number of rotatable bonds is 4. The van der Waals surface area contributed by atoms with Gasteiger partial charge >= 0.3 is 5.88 Å². The molecule has 0 N–H and O–H groups in total. The van der Waals surface area contributed by atoms with Crippen molar-refractivity contribution < 1.29 is 9.34 Å². The van der Waals surface area contributed by atoms with E-state index in [1.54, 1.807) is 6.07 Å². The van der Waals surface area contributed by atoms with E-state index in [1.165, 1.54) is 50.4 Å². The van der Waals surface area contributed by atoms with E-state index in [-0.39, 0.29) is 5.88 Å². The molecule has 1 aromatic heterocycles.